The largest absolute Gasteiger partial charge is 0.497 e. The Morgan fingerprint density at radius 2 is 1.84 bits per heavy atom. The van der Waals surface area contributed by atoms with E-state index in [0.717, 1.165) is 40.3 Å². The summed E-state index contributed by atoms with van der Waals surface area (Å²) in [5.74, 6) is 0.582. The maximum absolute atomic E-state index is 12.5. The first kappa shape index (κ1) is 28.1. The number of amides is 2. The molecule has 0 unspecified atom stereocenters. The fourth-order valence-electron chi connectivity index (χ4n) is 4.26. The predicted molar refractivity (Wildman–Crippen MR) is 149 cm³/mol. The summed E-state index contributed by atoms with van der Waals surface area (Å²) in [5, 5.41) is 11.8. The van der Waals surface area contributed by atoms with Gasteiger partial charge >= 0.3 is 0 Å². The van der Waals surface area contributed by atoms with Crippen molar-refractivity contribution in [2.75, 3.05) is 24.7 Å². The average Bonchev–Trinajstić information content (AvgIpc) is 3.44. The van der Waals surface area contributed by atoms with Crippen molar-refractivity contribution >= 4 is 50.6 Å². The van der Waals surface area contributed by atoms with Gasteiger partial charge in [-0.05, 0) is 72.7 Å². The van der Waals surface area contributed by atoms with E-state index in [9.17, 15) is 18.0 Å². The Labute approximate surface area is 230 Å². The lowest BCUT2D eigenvalue weighted by molar-refractivity contribution is -0.129. The molecule has 38 heavy (non-hydrogen) atoms. The molecule has 0 bridgehead atoms. The number of ether oxygens (including phenoxy) is 1. The van der Waals surface area contributed by atoms with Crippen molar-refractivity contribution < 1.29 is 28.0 Å². The number of rotatable bonds is 10. The summed E-state index contributed by atoms with van der Waals surface area (Å²) in [5.41, 5.74) is 3.19. The van der Waals surface area contributed by atoms with Crippen LogP contribution in [0.25, 0.3) is 10.4 Å². The molecule has 9 nitrogen and oxygen atoms in total. The number of nitrogens with one attached hydrogen (secondary N) is 3. The van der Waals surface area contributed by atoms with Crippen LogP contribution in [0.15, 0.2) is 65.6 Å². The van der Waals surface area contributed by atoms with Crippen molar-refractivity contribution in [3.63, 3.8) is 0 Å². The molecular formula is C26H29N3O6S3. The Bertz CT molecular complexity index is 1380. The first-order valence-corrected chi connectivity index (χ1v) is 15.2. The lowest BCUT2D eigenvalue weighted by Crippen LogP contribution is -2.32. The van der Waals surface area contributed by atoms with Crippen molar-refractivity contribution in [2.45, 2.75) is 35.3 Å². The van der Waals surface area contributed by atoms with Gasteiger partial charge in [0.05, 0.1) is 23.3 Å². The molecule has 4 rings (SSSR count). The third-order valence-electron chi connectivity index (χ3n) is 6.20. The summed E-state index contributed by atoms with van der Waals surface area (Å²) in [6, 6.07) is 17.2. The van der Waals surface area contributed by atoms with Gasteiger partial charge in [0, 0.05) is 21.9 Å². The van der Waals surface area contributed by atoms with E-state index in [-0.39, 0.29) is 16.1 Å². The first-order chi connectivity index (χ1) is 18.2. The second-order valence-corrected chi connectivity index (χ2v) is 13.1. The Kier molecular flexibility index (Phi) is 9.11. The van der Waals surface area contributed by atoms with Crippen LogP contribution >= 0.6 is 23.1 Å². The zero-order valence-corrected chi connectivity index (χ0v) is 23.2. The van der Waals surface area contributed by atoms with Gasteiger partial charge < -0.3 is 10.1 Å². The third-order valence-corrected chi connectivity index (χ3v) is 10.7. The molecule has 1 aliphatic heterocycles. The van der Waals surface area contributed by atoms with Gasteiger partial charge in [-0.3, -0.25) is 14.8 Å². The number of thiophene rings is 1. The van der Waals surface area contributed by atoms with Gasteiger partial charge in [-0.15, -0.1) is 23.1 Å². The van der Waals surface area contributed by atoms with E-state index < -0.39 is 28.4 Å². The van der Waals surface area contributed by atoms with Gasteiger partial charge in [0.1, 0.15) is 5.75 Å². The number of hydrogen-bond donors (Lipinski definition) is 4. The van der Waals surface area contributed by atoms with E-state index in [2.05, 4.69) is 10.0 Å². The molecule has 1 fully saturated rings. The molecule has 0 radical (unpaired) electrons. The van der Waals surface area contributed by atoms with Crippen molar-refractivity contribution in [3.8, 4) is 16.2 Å². The summed E-state index contributed by atoms with van der Waals surface area (Å²) < 4.78 is 32.0. The SMILES string of the molecule is COc1ccc(S(=O)(=O)NCC(=O)Nc2cccc(-c3ccc([C@@]4(CC(=O)NO)CCCCS4)s3)c2)cc1. The van der Waals surface area contributed by atoms with Crippen molar-refractivity contribution in [3.05, 3.63) is 65.5 Å². The van der Waals surface area contributed by atoms with Gasteiger partial charge in [-0.25, -0.2) is 18.6 Å². The van der Waals surface area contributed by atoms with Gasteiger partial charge in [-0.2, -0.15) is 0 Å². The number of thioether (sulfide) groups is 1. The third kappa shape index (κ3) is 6.75. The smallest absolute Gasteiger partial charge is 0.245 e. The highest BCUT2D eigenvalue weighted by molar-refractivity contribution is 8.00. The molecule has 1 aliphatic rings. The molecular weight excluding hydrogens is 547 g/mol. The van der Waals surface area contributed by atoms with Crippen molar-refractivity contribution in [1.29, 1.82) is 0 Å². The summed E-state index contributed by atoms with van der Waals surface area (Å²) in [6.45, 7) is -0.422. The van der Waals surface area contributed by atoms with Crippen LogP contribution in [0.1, 0.15) is 30.6 Å². The minimum Gasteiger partial charge on any atom is -0.497 e. The minimum atomic E-state index is -3.86. The maximum Gasteiger partial charge on any atom is 0.245 e. The predicted octanol–water partition coefficient (Wildman–Crippen LogP) is 4.35. The molecule has 202 valence electrons. The molecule has 2 aromatic carbocycles. The molecule has 1 saturated heterocycles. The summed E-state index contributed by atoms with van der Waals surface area (Å²) in [6.07, 6.45) is 3.18. The zero-order chi connectivity index (χ0) is 27.2. The topological polar surface area (TPSA) is 134 Å². The number of benzene rings is 2. The highest BCUT2D eigenvalue weighted by atomic mass is 32.2. The maximum atomic E-state index is 12.5. The van der Waals surface area contributed by atoms with Crippen LogP contribution < -0.4 is 20.3 Å². The molecule has 2 amide bonds. The van der Waals surface area contributed by atoms with Crippen LogP contribution in [0.2, 0.25) is 0 Å². The van der Waals surface area contributed by atoms with Crippen molar-refractivity contribution in [1.82, 2.24) is 10.2 Å². The van der Waals surface area contributed by atoms with Gasteiger partial charge in [0.25, 0.3) is 0 Å². The summed E-state index contributed by atoms with van der Waals surface area (Å²) >= 11 is 3.34. The van der Waals surface area contributed by atoms with Crippen LogP contribution in [0.5, 0.6) is 5.75 Å². The molecule has 12 heteroatoms. The molecule has 2 heterocycles. The monoisotopic (exact) mass is 575 g/mol. The highest BCUT2D eigenvalue weighted by Gasteiger charge is 2.38. The molecule has 3 aromatic rings. The summed E-state index contributed by atoms with van der Waals surface area (Å²) in [7, 11) is -2.37. The number of carbonyl (C=O) groups excluding carboxylic acids is 2. The average molecular weight is 576 g/mol. The fourth-order valence-corrected chi connectivity index (χ4v) is 8.13. The molecule has 4 N–H and O–H groups in total. The number of hydroxylamine groups is 1. The Balaban J connectivity index is 1.43. The fraction of sp³-hybridized carbons (Fsp3) is 0.308. The normalized spacial score (nSPS) is 17.5. The lowest BCUT2D eigenvalue weighted by Gasteiger charge is -2.35. The number of sulfonamides is 1. The molecule has 1 atom stereocenters. The second-order valence-electron chi connectivity index (χ2n) is 8.80. The van der Waals surface area contributed by atoms with Crippen LogP contribution in [0, 0.1) is 0 Å². The van der Waals surface area contributed by atoms with E-state index in [1.54, 1.807) is 34.6 Å². The Hall–Kier alpha value is -2.90. The highest BCUT2D eigenvalue weighted by Crippen LogP contribution is 2.50. The number of methoxy groups -OCH3 is 1. The number of carbonyl (C=O) groups is 2. The minimum absolute atomic E-state index is 0.0342. The van der Waals surface area contributed by atoms with E-state index in [4.69, 9.17) is 9.94 Å². The van der Waals surface area contributed by atoms with Crippen LogP contribution in [0.3, 0.4) is 0 Å². The van der Waals surface area contributed by atoms with Crippen LogP contribution in [0.4, 0.5) is 5.69 Å². The molecule has 0 spiro atoms. The number of hydrogen-bond acceptors (Lipinski definition) is 8. The second kappa shape index (κ2) is 12.3. The van der Waals surface area contributed by atoms with Gasteiger partial charge in [0.2, 0.25) is 21.8 Å². The molecule has 1 aromatic heterocycles. The number of anilines is 1. The Morgan fingerprint density at radius 1 is 1.05 bits per heavy atom. The van der Waals surface area contributed by atoms with E-state index in [1.807, 2.05) is 30.3 Å². The van der Waals surface area contributed by atoms with Gasteiger partial charge in [-0.1, -0.05) is 18.6 Å². The van der Waals surface area contributed by atoms with Crippen LogP contribution in [-0.2, 0) is 24.4 Å². The zero-order valence-electron chi connectivity index (χ0n) is 20.7. The lowest BCUT2D eigenvalue weighted by atomic mass is 9.94. The van der Waals surface area contributed by atoms with Gasteiger partial charge in [0.15, 0.2) is 0 Å². The standard InChI is InChI=1S/C26H29N3O6S3/c1-35-20-7-9-21(10-8-20)38(33,34)27-17-25(31)28-19-6-4-5-18(15-19)22-11-12-23(37-22)26(16-24(30)29-32)13-2-3-14-36-26/h4-12,15,27,32H,2-3,13-14,16-17H2,1H3,(H,28,31)(H,29,30)/t26-/m0/s1. The van der Waals surface area contributed by atoms with Crippen molar-refractivity contribution in [2.24, 2.45) is 0 Å². The quantitative estimate of drug-likeness (QED) is 0.209. The van der Waals surface area contributed by atoms with E-state index in [0.29, 0.717) is 11.4 Å². The molecule has 0 aliphatic carbocycles. The first-order valence-electron chi connectivity index (χ1n) is 12.0. The van der Waals surface area contributed by atoms with Crippen LogP contribution in [-0.4, -0.2) is 44.8 Å². The Morgan fingerprint density at radius 3 is 2.53 bits per heavy atom. The van der Waals surface area contributed by atoms with E-state index in [1.165, 1.54) is 31.4 Å². The summed E-state index contributed by atoms with van der Waals surface area (Å²) in [4.78, 5) is 26.6. The van der Waals surface area contributed by atoms with E-state index >= 15 is 0 Å². The molecule has 0 saturated carbocycles.